The van der Waals surface area contributed by atoms with Crippen molar-refractivity contribution in [1.29, 1.82) is 0 Å². The third kappa shape index (κ3) is 24.8. The van der Waals surface area contributed by atoms with Gasteiger partial charge >= 0.3 is 0 Å². The van der Waals surface area contributed by atoms with Crippen LogP contribution in [0.3, 0.4) is 0 Å². The van der Waals surface area contributed by atoms with Crippen molar-refractivity contribution >= 4 is 5.78 Å². The van der Waals surface area contributed by atoms with Crippen LogP contribution < -0.4 is 0 Å². The zero-order valence-electron chi connectivity index (χ0n) is 11.4. The van der Waals surface area contributed by atoms with Crippen molar-refractivity contribution in [3.63, 3.8) is 0 Å². The second-order valence-corrected chi connectivity index (χ2v) is 5.71. The molecule has 0 aliphatic carbocycles. The molecule has 2 heteroatoms. The van der Waals surface area contributed by atoms with Crippen LogP contribution in [0.25, 0.3) is 0 Å². The molecule has 0 spiro atoms. The quantitative estimate of drug-likeness (QED) is 0.781. The van der Waals surface area contributed by atoms with Crippen LogP contribution in [-0.4, -0.2) is 16.5 Å². The summed E-state index contributed by atoms with van der Waals surface area (Å²) in [4.78, 5) is 10.3. The van der Waals surface area contributed by atoms with E-state index >= 15 is 0 Å². The van der Waals surface area contributed by atoms with Gasteiger partial charge in [-0.1, -0.05) is 27.7 Å². The van der Waals surface area contributed by atoms with E-state index in [4.69, 9.17) is 0 Å². The Hall–Kier alpha value is -0.370. The molecule has 92 valence electrons. The summed E-state index contributed by atoms with van der Waals surface area (Å²) in [6, 6.07) is 0. The molecule has 0 aromatic heterocycles. The molecule has 0 aromatic carbocycles. The van der Waals surface area contributed by atoms with Crippen molar-refractivity contribution in [3.05, 3.63) is 0 Å². The summed E-state index contributed by atoms with van der Waals surface area (Å²) in [5.41, 5.74) is -0.478. The lowest BCUT2D eigenvalue weighted by atomic mass is 9.97. The summed E-state index contributed by atoms with van der Waals surface area (Å²) in [6.07, 6.45) is 1.60. The third-order valence-electron chi connectivity index (χ3n) is 1.60. The van der Waals surface area contributed by atoms with Crippen molar-refractivity contribution in [3.8, 4) is 0 Å². The minimum absolute atomic E-state index is 0.287. The Bertz CT molecular complexity index is 164. The number of carbonyl (C=O) groups excluding carboxylic acids is 1. The summed E-state index contributed by atoms with van der Waals surface area (Å²) < 4.78 is 0. The highest BCUT2D eigenvalue weighted by molar-refractivity contribution is 5.75. The normalized spacial score (nSPS) is 11.3. The fourth-order valence-corrected chi connectivity index (χ4v) is 1.57. The van der Waals surface area contributed by atoms with Gasteiger partial charge < -0.3 is 9.90 Å². The van der Waals surface area contributed by atoms with E-state index in [-0.39, 0.29) is 5.78 Å². The van der Waals surface area contributed by atoms with Gasteiger partial charge in [0, 0.05) is 6.42 Å². The Kier molecular flexibility index (Phi) is 8.93. The number of Topliss-reactive ketones (excluding diaryl/α,β-unsaturated/α-hetero) is 1. The van der Waals surface area contributed by atoms with Gasteiger partial charge in [0.05, 0.1) is 5.60 Å². The Morgan fingerprint density at radius 2 is 1.53 bits per heavy atom. The second kappa shape index (κ2) is 7.86. The number of rotatable bonds is 4. The monoisotopic (exact) mass is 216 g/mol. The van der Waals surface area contributed by atoms with E-state index in [1.807, 2.05) is 27.7 Å². The Balaban J connectivity index is 0. The summed E-state index contributed by atoms with van der Waals surface area (Å²) in [6.45, 7) is 13.6. The molecule has 0 rings (SSSR count). The van der Waals surface area contributed by atoms with Gasteiger partial charge in [-0.05, 0) is 39.0 Å². The molecule has 0 heterocycles. The first-order valence-corrected chi connectivity index (χ1v) is 5.76. The van der Waals surface area contributed by atoms with Gasteiger partial charge in [0.15, 0.2) is 0 Å². The van der Waals surface area contributed by atoms with Crippen LogP contribution in [0.5, 0.6) is 0 Å². The lowest BCUT2D eigenvalue weighted by molar-refractivity contribution is -0.117. The Labute approximate surface area is 95.1 Å². The van der Waals surface area contributed by atoms with Crippen molar-refractivity contribution < 1.29 is 9.90 Å². The Morgan fingerprint density at radius 1 is 1.13 bits per heavy atom. The molecule has 0 amide bonds. The molecular weight excluding hydrogens is 188 g/mol. The number of ketones is 1. The van der Waals surface area contributed by atoms with Crippen LogP contribution in [0, 0.1) is 11.8 Å². The van der Waals surface area contributed by atoms with E-state index in [0.29, 0.717) is 11.8 Å². The average Bonchev–Trinajstić information content (AvgIpc) is 1.76. The van der Waals surface area contributed by atoms with E-state index in [1.165, 1.54) is 0 Å². The van der Waals surface area contributed by atoms with Crippen molar-refractivity contribution in [1.82, 2.24) is 0 Å². The largest absolute Gasteiger partial charge is 0.390 e. The van der Waals surface area contributed by atoms with Gasteiger partial charge in [-0.25, -0.2) is 0 Å². The fraction of sp³-hybridized carbons (Fsp3) is 0.923. The highest BCUT2D eigenvalue weighted by Crippen LogP contribution is 2.13. The van der Waals surface area contributed by atoms with Gasteiger partial charge in [0.1, 0.15) is 5.78 Å². The van der Waals surface area contributed by atoms with Gasteiger partial charge in [-0.2, -0.15) is 0 Å². The van der Waals surface area contributed by atoms with Gasteiger partial charge in [0.2, 0.25) is 0 Å². The molecule has 0 saturated carbocycles. The van der Waals surface area contributed by atoms with Crippen LogP contribution in [0.1, 0.15) is 61.3 Å². The molecule has 0 saturated heterocycles. The molecule has 0 atom stereocenters. The van der Waals surface area contributed by atoms with Crippen LogP contribution in [0.2, 0.25) is 0 Å². The maximum absolute atomic E-state index is 10.3. The zero-order valence-corrected chi connectivity index (χ0v) is 11.4. The number of hydrogen-bond donors (Lipinski definition) is 1. The van der Waals surface area contributed by atoms with E-state index in [2.05, 4.69) is 13.8 Å². The van der Waals surface area contributed by atoms with E-state index in [9.17, 15) is 9.90 Å². The number of hydrogen-bond acceptors (Lipinski definition) is 2. The van der Waals surface area contributed by atoms with Gasteiger partial charge in [0.25, 0.3) is 0 Å². The molecule has 0 aliphatic rings. The highest BCUT2D eigenvalue weighted by atomic mass is 16.3. The Morgan fingerprint density at radius 3 is 1.53 bits per heavy atom. The predicted molar refractivity (Wildman–Crippen MR) is 65.9 cm³/mol. The topological polar surface area (TPSA) is 37.3 Å². The third-order valence-corrected chi connectivity index (χ3v) is 1.60. The molecule has 0 radical (unpaired) electrons. The van der Waals surface area contributed by atoms with Crippen LogP contribution in [0.15, 0.2) is 0 Å². The molecule has 0 unspecified atom stereocenters. The molecular formula is C13H28O2. The van der Waals surface area contributed by atoms with Crippen LogP contribution in [-0.2, 0) is 4.79 Å². The fourth-order valence-electron chi connectivity index (χ4n) is 1.57. The van der Waals surface area contributed by atoms with E-state index < -0.39 is 5.60 Å². The predicted octanol–water partition coefficient (Wildman–Crippen LogP) is 3.42. The zero-order chi connectivity index (χ0) is 12.6. The number of aliphatic hydroxyl groups is 1. The minimum atomic E-state index is -0.478. The smallest absolute Gasteiger partial charge is 0.130 e. The first kappa shape index (κ1) is 17.0. The van der Waals surface area contributed by atoms with Gasteiger partial charge in [-0.15, -0.1) is 0 Å². The first-order chi connectivity index (χ1) is 6.54. The maximum atomic E-state index is 10.3. The van der Waals surface area contributed by atoms with E-state index in [1.54, 1.807) is 6.92 Å². The minimum Gasteiger partial charge on any atom is -0.390 e. The van der Waals surface area contributed by atoms with Gasteiger partial charge in [-0.3, -0.25) is 0 Å². The highest BCUT2D eigenvalue weighted by Gasteiger charge is 2.13. The molecule has 0 bridgehead atoms. The maximum Gasteiger partial charge on any atom is 0.130 e. The summed E-state index contributed by atoms with van der Waals surface area (Å²) in [5, 5.41) is 9.19. The van der Waals surface area contributed by atoms with Crippen molar-refractivity contribution in [2.75, 3.05) is 0 Å². The summed E-state index contributed by atoms with van der Waals surface area (Å²) in [7, 11) is 0. The molecule has 2 nitrogen and oxygen atoms in total. The lowest BCUT2D eigenvalue weighted by Crippen LogP contribution is -2.20. The molecule has 1 N–H and O–H groups in total. The lowest BCUT2D eigenvalue weighted by Gasteiger charge is -2.18. The first-order valence-electron chi connectivity index (χ1n) is 5.76. The van der Waals surface area contributed by atoms with Crippen LogP contribution >= 0.6 is 0 Å². The molecule has 0 aromatic rings. The summed E-state index contributed by atoms with van der Waals surface area (Å²) >= 11 is 0. The van der Waals surface area contributed by atoms with Crippen molar-refractivity contribution in [2.24, 2.45) is 11.8 Å². The SMILES string of the molecule is CC(=O)CC(C)C.CC(C)CC(C)(C)O. The second-order valence-electron chi connectivity index (χ2n) is 5.71. The van der Waals surface area contributed by atoms with Crippen LogP contribution in [0.4, 0.5) is 0 Å². The number of carbonyl (C=O) groups is 1. The van der Waals surface area contributed by atoms with Crippen molar-refractivity contribution in [2.45, 2.75) is 66.9 Å². The summed E-state index contributed by atoms with van der Waals surface area (Å²) in [5.74, 6) is 1.41. The molecule has 15 heavy (non-hydrogen) atoms. The molecule has 0 fully saturated rings. The standard InChI is InChI=1S/C7H16O.C6H12O/c1-6(2)5-7(3,4)8;1-5(2)4-6(3)7/h6,8H,5H2,1-4H3;5H,4H2,1-3H3. The average molecular weight is 216 g/mol. The molecule has 0 aliphatic heterocycles. The van der Waals surface area contributed by atoms with E-state index in [0.717, 1.165) is 12.8 Å².